The van der Waals surface area contributed by atoms with Crippen LogP contribution in [0, 0.1) is 12.3 Å². The number of aryl methyl sites for hydroxylation is 1. The van der Waals surface area contributed by atoms with Crippen molar-refractivity contribution in [2.75, 3.05) is 7.11 Å². The molecule has 0 radical (unpaired) electrons. The molecule has 1 heterocycles. The van der Waals surface area contributed by atoms with Crippen LogP contribution in [0.15, 0.2) is 18.3 Å². The highest BCUT2D eigenvalue weighted by atomic mass is 16.5. The predicted octanol–water partition coefficient (Wildman–Crippen LogP) is 2.07. The molecule has 4 heteroatoms. The molecule has 0 fully saturated rings. The molecule has 0 unspecified atom stereocenters. The van der Waals surface area contributed by atoms with Crippen LogP contribution in [0.4, 0.5) is 0 Å². The van der Waals surface area contributed by atoms with Gasteiger partial charge in [-0.15, -0.1) is 0 Å². The maximum atomic E-state index is 11.8. The summed E-state index contributed by atoms with van der Waals surface area (Å²) >= 11 is 0. The highest BCUT2D eigenvalue weighted by molar-refractivity contribution is 5.76. The third-order valence-electron chi connectivity index (χ3n) is 2.92. The Hall–Kier alpha value is -1.42. The average molecular weight is 250 g/mol. The Morgan fingerprint density at radius 2 is 2.17 bits per heavy atom. The summed E-state index contributed by atoms with van der Waals surface area (Å²) in [4.78, 5) is 16.0. The zero-order valence-corrected chi connectivity index (χ0v) is 11.8. The zero-order chi connectivity index (χ0) is 13.8. The Bertz CT molecular complexity index is 411. The summed E-state index contributed by atoms with van der Waals surface area (Å²) in [5, 5.41) is 3.25. The predicted molar refractivity (Wildman–Crippen MR) is 71.1 cm³/mol. The first-order chi connectivity index (χ1) is 8.36. The molecule has 100 valence electrons. The lowest BCUT2D eigenvalue weighted by atomic mass is 9.86. The van der Waals surface area contributed by atoms with Crippen molar-refractivity contribution >= 4 is 5.97 Å². The molecule has 0 aromatic carbocycles. The summed E-state index contributed by atoms with van der Waals surface area (Å²) in [5.41, 5.74) is 1.88. The minimum absolute atomic E-state index is 0.191. The number of nitrogens with zero attached hydrogens (tertiary/aromatic N) is 1. The molecular weight excluding hydrogens is 228 g/mol. The third kappa shape index (κ3) is 3.81. The number of aromatic nitrogens is 1. The van der Waals surface area contributed by atoms with Gasteiger partial charge < -0.3 is 4.74 Å². The summed E-state index contributed by atoms with van der Waals surface area (Å²) in [7, 11) is 1.41. The summed E-state index contributed by atoms with van der Waals surface area (Å²) < 4.78 is 4.84. The lowest BCUT2D eigenvalue weighted by molar-refractivity contribution is -0.146. The van der Waals surface area contributed by atoms with Gasteiger partial charge in [0.15, 0.2) is 0 Å². The summed E-state index contributed by atoms with van der Waals surface area (Å²) in [6.45, 7) is 8.60. The molecule has 18 heavy (non-hydrogen) atoms. The molecule has 0 aliphatic heterocycles. The van der Waals surface area contributed by atoms with E-state index in [-0.39, 0.29) is 17.4 Å². The van der Waals surface area contributed by atoms with Crippen LogP contribution in [-0.2, 0) is 16.1 Å². The van der Waals surface area contributed by atoms with E-state index in [0.29, 0.717) is 6.54 Å². The van der Waals surface area contributed by atoms with Crippen molar-refractivity contribution in [3.63, 3.8) is 0 Å². The number of methoxy groups -OCH3 is 1. The number of carbonyl (C=O) groups excluding carboxylic acids is 1. The van der Waals surface area contributed by atoms with Gasteiger partial charge in [-0.2, -0.15) is 0 Å². The zero-order valence-electron chi connectivity index (χ0n) is 11.8. The molecule has 0 saturated carbocycles. The molecule has 0 saturated heterocycles. The van der Waals surface area contributed by atoms with E-state index in [1.165, 1.54) is 7.11 Å². The van der Waals surface area contributed by atoms with E-state index in [0.717, 1.165) is 11.3 Å². The minimum atomic E-state index is -0.331. The number of nitrogens with one attached hydrogen (secondary N) is 1. The number of hydrogen-bond donors (Lipinski definition) is 1. The second kappa shape index (κ2) is 5.96. The Morgan fingerprint density at radius 3 is 2.67 bits per heavy atom. The van der Waals surface area contributed by atoms with E-state index in [2.05, 4.69) is 10.3 Å². The van der Waals surface area contributed by atoms with E-state index in [1.54, 1.807) is 6.20 Å². The Balaban J connectivity index is 2.75. The van der Waals surface area contributed by atoms with Gasteiger partial charge in [0.25, 0.3) is 0 Å². The SMILES string of the molecule is COC(=O)[C@@H](NCc1cccnc1C)C(C)(C)C. The molecule has 0 aliphatic carbocycles. The number of ether oxygens (including phenoxy) is 1. The lowest BCUT2D eigenvalue weighted by Crippen LogP contribution is -2.46. The topological polar surface area (TPSA) is 51.2 Å². The molecule has 0 bridgehead atoms. The van der Waals surface area contributed by atoms with Gasteiger partial charge in [-0.3, -0.25) is 15.1 Å². The van der Waals surface area contributed by atoms with Gasteiger partial charge in [-0.25, -0.2) is 0 Å². The first-order valence-electron chi connectivity index (χ1n) is 6.08. The van der Waals surface area contributed by atoms with Crippen molar-refractivity contribution in [2.45, 2.75) is 40.3 Å². The van der Waals surface area contributed by atoms with E-state index < -0.39 is 0 Å². The Morgan fingerprint density at radius 1 is 1.50 bits per heavy atom. The van der Waals surface area contributed by atoms with Crippen LogP contribution in [0.5, 0.6) is 0 Å². The smallest absolute Gasteiger partial charge is 0.323 e. The third-order valence-corrected chi connectivity index (χ3v) is 2.92. The fraction of sp³-hybridized carbons (Fsp3) is 0.571. The monoisotopic (exact) mass is 250 g/mol. The number of pyridine rings is 1. The van der Waals surface area contributed by atoms with Gasteiger partial charge in [0.1, 0.15) is 6.04 Å². The molecule has 0 spiro atoms. The van der Waals surface area contributed by atoms with Crippen LogP contribution in [0.2, 0.25) is 0 Å². The van der Waals surface area contributed by atoms with Gasteiger partial charge in [0.2, 0.25) is 0 Å². The molecular formula is C14H22N2O2. The van der Waals surface area contributed by atoms with Gasteiger partial charge in [0.05, 0.1) is 7.11 Å². The largest absolute Gasteiger partial charge is 0.468 e. The Kier molecular flexibility index (Phi) is 4.84. The van der Waals surface area contributed by atoms with E-state index >= 15 is 0 Å². The van der Waals surface area contributed by atoms with E-state index in [4.69, 9.17) is 4.74 Å². The van der Waals surface area contributed by atoms with Gasteiger partial charge in [-0.05, 0) is 24.0 Å². The van der Waals surface area contributed by atoms with Gasteiger partial charge in [-0.1, -0.05) is 26.8 Å². The van der Waals surface area contributed by atoms with Crippen molar-refractivity contribution in [1.29, 1.82) is 0 Å². The molecule has 0 aliphatic rings. The first kappa shape index (κ1) is 14.6. The molecule has 1 aromatic rings. The lowest BCUT2D eigenvalue weighted by Gasteiger charge is -2.29. The average Bonchev–Trinajstić information content (AvgIpc) is 2.29. The summed E-state index contributed by atoms with van der Waals surface area (Å²) in [6.07, 6.45) is 1.76. The Labute approximate surface area is 109 Å². The highest BCUT2D eigenvalue weighted by Gasteiger charge is 2.31. The summed E-state index contributed by atoms with van der Waals surface area (Å²) in [5.74, 6) is -0.232. The second-order valence-corrected chi connectivity index (χ2v) is 5.45. The number of hydrogen-bond acceptors (Lipinski definition) is 4. The second-order valence-electron chi connectivity index (χ2n) is 5.45. The van der Waals surface area contributed by atoms with Crippen LogP contribution in [0.25, 0.3) is 0 Å². The van der Waals surface area contributed by atoms with Gasteiger partial charge in [0, 0.05) is 18.4 Å². The van der Waals surface area contributed by atoms with Crippen molar-refractivity contribution in [3.8, 4) is 0 Å². The van der Waals surface area contributed by atoms with Gasteiger partial charge >= 0.3 is 5.97 Å². The van der Waals surface area contributed by atoms with E-state index in [1.807, 2.05) is 39.8 Å². The summed E-state index contributed by atoms with van der Waals surface area (Å²) in [6, 6.07) is 3.57. The molecule has 1 aromatic heterocycles. The fourth-order valence-electron chi connectivity index (χ4n) is 1.78. The fourth-order valence-corrected chi connectivity index (χ4v) is 1.78. The molecule has 0 amide bonds. The van der Waals surface area contributed by atoms with Crippen molar-refractivity contribution in [2.24, 2.45) is 5.41 Å². The first-order valence-corrected chi connectivity index (χ1v) is 6.08. The number of carbonyl (C=O) groups is 1. The minimum Gasteiger partial charge on any atom is -0.468 e. The molecule has 1 N–H and O–H groups in total. The highest BCUT2D eigenvalue weighted by Crippen LogP contribution is 2.20. The quantitative estimate of drug-likeness (QED) is 0.831. The maximum absolute atomic E-state index is 11.8. The standard InChI is InChI=1S/C14H22N2O2/c1-10-11(7-6-8-15-10)9-16-12(13(17)18-5)14(2,3)4/h6-8,12,16H,9H2,1-5H3/t12-/m1/s1. The van der Waals surface area contributed by atoms with Crippen LogP contribution >= 0.6 is 0 Å². The van der Waals surface area contributed by atoms with Crippen molar-refractivity contribution in [3.05, 3.63) is 29.6 Å². The van der Waals surface area contributed by atoms with Crippen molar-refractivity contribution < 1.29 is 9.53 Å². The molecule has 4 nitrogen and oxygen atoms in total. The molecule has 1 rings (SSSR count). The maximum Gasteiger partial charge on any atom is 0.323 e. The normalized spacial score (nSPS) is 13.2. The molecule has 1 atom stereocenters. The van der Waals surface area contributed by atoms with Crippen molar-refractivity contribution in [1.82, 2.24) is 10.3 Å². The van der Waals surface area contributed by atoms with Crippen LogP contribution in [-0.4, -0.2) is 24.1 Å². The van der Waals surface area contributed by atoms with Crippen LogP contribution in [0.1, 0.15) is 32.0 Å². The van der Waals surface area contributed by atoms with E-state index in [9.17, 15) is 4.79 Å². The number of esters is 1. The van der Waals surface area contributed by atoms with Crippen LogP contribution in [0.3, 0.4) is 0 Å². The number of rotatable bonds is 4. The van der Waals surface area contributed by atoms with Crippen LogP contribution < -0.4 is 5.32 Å².